The van der Waals surface area contributed by atoms with E-state index in [1.165, 1.54) is 6.21 Å². The standard InChI is InChI=1S/C21H24N2O6/c1-15(2)29-21(25)14-28-18-6-4-16(5-7-18)12-22-23-20(24)13-27-19-10-8-17(26-3)9-11-19/h4-12,15H,13-14H2,1-3H3,(H,23,24)/b22-12+. The van der Waals surface area contributed by atoms with E-state index >= 15 is 0 Å². The fourth-order valence-electron chi connectivity index (χ4n) is 2.12. The van der Waals surface area contributed by atoms with Gasteiger partial charge in [-0.1, -0.05) is 0 Å². The molecule has 1 amide bonds. The Labute approximate surface area is 169 Å². The van der Waals surface area contributed by atoms with E-state index in [2.05, 4.69) is 10.5 Å². The summed E-state index contributed by atoms with van der Waals surface area (Å²) in [6.07, 6.45) is 1.31. The molecule has 2 aromatic carbocycles. The SMILES string of the molecule is COc1ccc(OCC(=O)N/N=C/c2ccc(OCC(=O)OC(C)C)cc2)cc1. The van der Waals surface area contributed by atoms with Gasteiger partial charge in [0.15, 0.2) is 13.2 Å². The summed E-state index contributed by atoms with van der Waals surface area (Å²) in [7, 11) is 1.58. The van der Waals surface area contributed by atoms with E-state index in [1.807, 2.05) is 0 Å². The molecule has 154 valence electrons. The normalized spacial score (nSPS) is 10.6. The van der Waals surface area contributed by atoms with Gasteiger partial charge in [-0.05, 0) is 67.9 Å². The molecule has 0 bridgehead atoms. The number of hydrogen-bond donors (Lipinski definition) is 1. The van der Waals surface area contributed by atoms with Crippen molar-refractivity contribution in [3.05, 3.63) is 54.1 Å². The molecule has 0 saturated carbocycles. The van der Waals surface area contributed by atoms with Gasteiger partial charge in [0, 0.05) is 0 Å². The van der Waals surface area contributed by atoms with E-state index in [0.717, 1.165) is 5.56 Å². The van der Waals surface area contributed by atoms with Gasteiger partial charge in [0.25, 0.3) is 5.91 Å². The van der Waals surface area contributed by atoms with Crippen LogP contribution in [0.25, 0.3) is 0 Å². The van der Waals surface area contributed by atoms with Gasteiger partial charge in [0.05, 0.1) is 19.4 Å². The average molecular weight is 400 g/mol. The van der Waals surface area contributed by atoms with Crippen molar-refractivity contribution in [1.29, 1.82) is 0 Å². The van der Waals surface area contributed by atoms with Crippen molar-refractivity contribution < 1.29 is 28.5 Å². The molecule has 8 heteroatoms. The topological polar surface area (TPSA) is 95.5 Å². The first-order valence-corrected chi connectivity index (χ1v) is 8.97. The molecule has 0 unspecified atom stereocenters. The first kappa shape index (κ1) is 21.7. The molecule has 0 aliphatic carbocycles. The molecular weight excluding hydrogens is 376 g/mol. The van der Waals surface area contributed by atoms with Gasteiger partial charge >= 0.3 is 5.97 Å². The van der Waals surface area contributed by atoms with E-state index in [1.54, 1.807) is 69.5 Å². The molecule has 1 N–H and O–H groups in total. The molecular formula is C21H24N2O6. The molecule has 2 aromatic rings. The summed E-state index contributed by atoms with van der Waals surface area (Å²) in [5.74, 6) is 0.974. The Morgan fingerprint density at radius 1 is 0.931 bits per heavy atom. The highest BCUT2D eigenvalue weighted by atomic mass is 16.6. The smallest absolute Gasteiger partial charge is 0.344 e. The van der Waals surface area contributed by atoms with E-state index < -0.39 is 5.97 Å². The van der Waals surface area contributed by atoms with Crippen LogP contribution >= 0.6 is 0 Å². The third-order valence-corrected chi connectivity index (χ3v) is 3.44. The minimum atomic E-state index is -0.426. The maximum Gasteiger partial charge on any atom is 0.344 e. The predicted molar refractivity (Wildman–Crippen MR) is 107 cm³/mol. The molecule has 29 heavy (non-hydrogen) atoms. The zero-order valence-electron chi connectivity index (χ0n) is 16.6. The van der Waals surface area contributed by atoms with Crippen LogP contribution < -0.4 is 19.6 Å². The number of nitrogens with one attached hydrogen (secondary N) is 1. The highest BCUT2D eigenvalue weighted by molar-refractivity contribution is 5.83. The van der Waals surface area contributed by atoms with Gasteiger partial charge < -0.3 is 18.9 Å². The minimum absolute atomic E-state index is 0.157. The van der Waals surface area contributed by atoms with Crippen LogP contribution in [-0.2, 0) is 14.3 Å². The molecule has 0 atom stereocenters. The lowest BCUT2D eigenvalue weighted by molar-refractivity contribution is -0.149. The zero-order chi connectivity index (χ0) is 21.1. The quantitative estimate of drug-likeness (QED) is 0.374. The molecule has 8 nitrogen and oxygen atoms in total. The molecule has 0 radical (unpaired) electrons. The Bertz CT molecular complexity index is 816. The number of amides is 1. The first-order chi connectivity index (χ1) is 14.0. The number of hydrazone groups is 1. The summed E-state index contributed by atoms with van der Waals surface area (Å²) in [6.45, 7) is 3.23. The van der Waals surface area contributed by atoms with Crippen molar-refractivity contribution >= 4 is 18.1 Å². The summed E-state index contributed by atoms with van der Waals surface area (Å²) in [5.41, 5.74) is 3.13. The van der Waals surface area contributed by atoms with Gasteiger partial charge in [0.1, 0.15) is 17.2 Å². The summed E-state index contributed by atoms with van der Waals surface area (Å²) >= 11 is 0. The Kier molecular flexibility index (Phi) is 8.50. The third-order valence-electron chi connectivity index (χ3n) is 3.44. The Balaban J connectivity index is 1.72. The second-order valence-electron chi connectivity index (χ2n) is 6.15. The lowest BCUT2D eigenvalue weighted by atomic mass is 10.2. The van der Waals surface area contributed by atoms with E-state index in [9.17, 15) is 9.59 Å². The molecule has 0 aliphatic heterocycles. The lowest BCUT2D eigenvalue weighted by Crippen LogP contribution is -2.24. The zero-order valence-corrected chi connectivity index (χ0v) is 16.6. The van der Waals surface area contributed by atoms with Gasteiger partial charge in [0.2, 0.25) is 0 Å². The van der Waals surface area contributed by atoms with Crippen LogP contribution in [0, 0.1) is 0 Å². The average Bonchev–Trinajstić information content (AvgIpc) is 2.71. The molecule has 0 spiro atoms. The van der Waals surface area contributed by atoms with Crippen LogP contribution in [0.15, 0.2) is 53.6 Å². The van der Waals surface area contributed by atoms with Crippen molar-refractivity contribution in [3.8, 4) is 17.2 Å². The van der Waals surface area contributed by atoms with Crippen LogP contribution in [0.5, 0.6) is 17.2 Å². The van der Waals surface area contributed by atoms with Crippen LogP contribution in [0.1, 0.15) is 19.4 Å². The summed E-state index contributed by atoms with van der Waals surface area (Å²) in [4.78, 5) is 23.2. The number of carbonyl (C=O) groups is 2. The monoisotopic (exact) mass is 400 g/mol. The number of ether oxygens (including phenoxy) is 4. The highest BCUT2D eigenvalue weighted by Crippen LogP contribution is 2.16. The number of rotatable bonds is 10. The van der Waals surface area contributed by atoms with Crippen molar-refractivity contribution in [3.63, 3.8) is 0 Å². The molecule has 0 aliphatic rings. The van der Waals surface area contributed by atoms with Crippen LogP contribution in [-0.4, -0.2) is 44.5 Å². The minimum Gasteiger partial charge on any atom is -0.497 e. The van der Waals surface area contributed by atoms with Gasteiger partial charge in [-0.25, -0.2) is 10.2 Å². The van der Waals surface area contributed by atoms with Crippen LogP contribution in [0.2, 0.25) is 0 Å². The van der Waals surface area contributed by atoms with Crippen molar-refractivity contribution in [2.45, 2.75) is 20.0 Å². The number of benzene rings is 2. The van der Waals surface area contributed by atoms with Crippen molar-refractivity contribution in [2.24, 2.45) is 5.10 Å². The maximum absolute atomic E-state index is 11.8. The number of nitrogens with zero attached hydrogens (tertiary/aromatic N) is 1. The highest BCUT2D eigenvalue weighted by Gasteiger charge is 2.06. The van der Waals surface area contributed by atoms with E-state index in [0.29, 0.717) is 17.2 Å². The summed E-state index contributed by atoms with van der Waals surface area (Å²) in [5, 5.41) is 3.88. The van der Waals surface area contributed by atoms with E-state index in [-0.39, 0.29) is 25.2 Å². The number of carbonyl (C=O) groups excluding carboxylic acids is 2. The molecule has 0 aromatic heterocycles. The first-order valence-electron chi connectivity index (χ1n) is 8.97. The Morgan fingerprint density at radius 3 is 2.07 bits per heavy atom. The Morgan fingerprint density at radius 2 is 1.48 bits per heavy atom. The third kappa shape index (κ3) is 8.34. The fourth-order valence-corrected chi connectivity index (χ4v) is 2.12. The second-order valence-corrected chi connectivity index (χ2v) is 6.15. The largest absolute Gasteiger partial charge is 0.497 e. The van der Waals surface area contributed by atoms with E-state index in [4.69, 9.17) is 18.9 Å². The van der Waals surface area contributed by atoms with Gasteiger partial charge in [-0.15, -0.1) is 0 Å². The molecule has 0 fully saturated rings. The predicted octanol–water partition coefficient (Wildman–Crippen LogP) is 2.55. The number of methoxy groups -OCH3 is 1. The molecule has 0 saturated heterocycles. The van der Waals surface area contributed by atoms with Gasteiger partial charge in [-0.3, -0.25) is 4.79 Å². The molecule has 2 rings (SSSR count). The van der Waals surface area contributed by atoms with Gasteiger partial charge in [-0.2, -0.15) is 5.10 Å². The Hall–Kier alpha value is -3.55. The number of esters is 1. The fraction of sp³-hybridized carbons (Fsp3) is 0.286. The lowest BCUT2D eigenvalue weighted by Gasteiger charge is -2.09. The second kappa shape index (κ2) is 11.3. The van der Waals surface area contributed by atoms with Crippen LogP contribution in [0.3, 0.4) is 0 Å². The van der Waals surface area contributed by atoms with Crippen molar-refractivity contribution in [2.75, 3.05) is 20.3 Å². The molecule has 0 heterocycles. The van der Waals surface area contributed by atoms with Crippen molar-refractivity contribution in [1.82, 2.24) is 5.43 Å². The summed E-state index contributed by atoms with van der Waals surface area (Å²) < 4.78 is 20.7. The van der Waals surface area contributed by atoms with Crippen LogP contribution in [0.4, 0.5) is 0 Å². The maximum atomic E-state index is 11.8. The summed E-state index contributed by atoms with van der Waals surface area (Å²) in [6, 6.07) is 13.8. The number of hydrogen-bond acceptors (Lipinski definition) is 7.